The van der Waals surface area contributed by atoms with Gasteiger partial charge < -0.3 is 0 Å². The first kappa shape index (κ1) is 9.62. The molecule has 0 aliphatic heterocycles. The van der Waals surface area contributed by atoms with Crippen LogP contribution in [-0.4, -0.2) is 15.0 Å². The monoisotopic (exact) mass is 227 g/mol. The molecule has 0 N–H and O–H groups in total. The molecule has 0 atom stereocenters. The van der Waals surface area contributed by atoms with Crippen molar-refractivity contribution >= 4 is 34.2 Å². The lowest BCUT2D eigenvalue weighted by Gasteiger charge is -2.02. The smallest absolute Gasteiger partial charge is 0.164 e. The fourth-order valence-electron chi connectivity index (χ4n) is 1.19. The molecule has 72 valence electrons. The van der Waals surface area contributed by atoms with E-state index >= 15 is 0 Å². The van der Waals surface area contributed by atoms with E-state index in [9.17, 15) is 0 Å². The molecule has 14 heavy (non-hydrogen) atoms. The largest absolute Gasteiger partial charge is 0.232 e. The van der Waals surface area contributed by atoms with Crippen molar-refractivity contribution in [2.24, 2.45) is 0 Å². The Kier molecular flexibility index (Phi) is 2.29. The minimum atomic E-state index is 0.391. The highest BCUT2D eigenvalue weighted by Crippen LogP contribution is 2.24. The van der Waals surface area contributed by atoms with E-state index in [4.69, 9.17) is 23.2 Å². The van der Waals surface area contributed by atoms with Crippen LogP contribution >= 0.6 is 23.2 Å². The summed E-state index contributed by atoms with van der Waals surface area (Å²) >= 11 is 11.9. The van der Waals surface area contributed by atoms with Gasteiger partial charge in [-0.1, -0.05) is 23.2 Å². The predicted molar refractivity (Wildman–Crippen MR) is 56.8 cm³/mol. The van der Waals surface area contributed by atoms with Crippen molar-refractivity contribution in [2.75, 3.05) is 0 Å². The Hall–Kier alpha value is -0.930. The molecule has 0 aliphatic rings. The molecule has 2 heterocycles. The van der Waals surface area contributed by atoms with Crippen molar-refractivity contribution in [3.8, 4) is 0 Å². The highest BCUT2D eigenvalue weighted by atomic mass is 35.5. The fraction of sp³-hybridized carbons (Fsp3) is 0.222. The summed E-state index contributed by atoms with van der Waals surface area (Å²) in [6.45, 7) is 3.60. The number of rotatable bonds is 0. The lowest BCUT2D eigenvalue weighted by molar-refractivity contribution is 1.06. The average molecular weight is 228 g/mol. The van der Waals surface area contributed by atoms with Crippen LogP contribution in [0.15, 0.2) is 6.07 Å². The molecule has 3 nitrogen and oxygen atoms in total. The number of fused-ring (bicyclic) bond motifs is 1. The van der Waals surface area contributed by atoms with Crippen molar-refractivity contribution in [3.63, 3.8) is 0 Å². The van der Waals surface area contributed by atoms with E-state index in [0.717, 1.165) is 5.69 Å². The molecule has 0 unspecified atom stereocenters. The van der Waals surface area contributed by atoms with Crippen LogP contribution in [0.25, 0.3) is 11.0 Å². The Bertz CT molecular complexity index is 511. The SMILES string of the molecule is Cc1nc(Cl)c2cc(Cl)c(C)nc2n1. The van der Waals surface area contributed by atoms with Gasteiger partial charge in [0.1, 0.15) is 11.0 Å². The molecule has 2 aromatic heterocycles. The zero-order valence-corrected chi connectivity index (χ0v) is 9.19. The van der Waals surface area contributed by atoms with Gasteiger partial charge in [0.15, 0.2) is 5.65 Å². The van der Waals surface area contributed by atoms with Crippen LogP contribution in [0.1, 0.15) is 11.5 Å². The summed E-state index contributed by atoms with van der Waals surface area (Å²) in [5.74, 6) is 0.608. The van der Waals surface area contributed by atoms with Gasteiger partial charge in [-0.2, -0.15) is 0 Å². The maximum Gasteiger partial charge on any atom is 0.164 e. The fourth-order valence-corrected chi connectivity index (χ4v) is 1.60. The van der Waals surface area contributed by atoms with E-state index in [-0.39, 0.29) is 0 Å². The van der Waals surface area contributed by atoms with Crippen molar-refractivity contribution in [3.05, 3.63) is 27.8 Å². The first-order valence-corrected chi connectivity index (χ1v) is 4.80. The van der Waals surface area contributed by atoms with Crippen molar-refractivity contribution in [2.45, 2.75) is 13.8 Å². The Morgan fingerprint density at radius 1 is 1.07 bits per heavy atom. The van der Waals surface area contributed by atoms with E-state index in [0.29, 0.717) is 27.0 Å². The Morgan fingerprint density at radius 2 is 1.79 bits per heavy atom. The Labute approximate surface area is 91.1 Å². The van der Waals surface area contributed by atoms with Gasteiger partial charge in [0.05, 0.1) is 16.1 Å². The number of hydrogen-bond acceptors (Lipinski definition) is 3. The standard InChI is InChI=1S/C9H7Cl2N3/c1-4-7(10)3-6-8(11)13-5(2)14-9(6)12-4/h3H,1-2H3. The average Bonchev–Trinajstić information content (AvgIpc) is 2.08. The summed E-state index contributed by atoms with van der Waals surface area (Å²) in [5, 5.41) is 1.65. The summed E-state index contributed by atoms with van der Waals surface area (Å²) in [7, 11) is 0. The van der Waals surface area contributed by atoms with Gasteiger partial charge in [0.25, 0.3) is 0 Å². The number of aryl methyl sites for hydroxylation is 2. The topological polar surface area (TPSA) is 38.7 Å². The lowest BCUT2D eigenvalue weighted by atomic mass is 10.3. The third kappa shape index (κ3) is 1.53. The second-order valence-electron chi connectivity index (χ2n) is 2.99. The van der Waals surface area contributed by atoms with Gasteiger partial charge in [-0.3, -0.25) is 0 Å². The zero-order valence-electron chi connectivity index (χ0n) is 7.67. The van der Waals surface area contributed by atoms with Crippen molar-refractivity contribution < 1.29 is 0 Å². The number of halogens is 2. The molecular formula is C9H7Cl2N3. The summed E-state index contributed by atoms with van der Waals surface area (Å²) < 4.78 is 0. The van der Waals surface area contributed by atoms with Crippen LogP contribution in [0.4, 0.5) is 0 Å². The van der Waals surface area contributed by atoms with Gasteiger partial charge in [-0.05, 0) is 19.9 Å². The van der Waals surface area contributed by atoms with Crippen LogP contribution in [-0.2, 0) is 0 Å². The van der Waals surface area contributed by atoms with E-state index in [1.54, 1.807) is 13.0 Å². The molecule has 0 saturated carbocycles. The molecule has 0 saturated heterocycles. The third-order valence-corrected chi connectivity index (χ3v) is 2.55. The predicted octanol–water partition coefficient (Wildman–Crippen LogP) is 2.95. The van der Waals surface area contributed by atoms with E-state index in [2.05, 4.69) is 15.0 Å². The highest BCUT2D eigenvalue weighted by Gasteiger charge is 2.07. The maximum atomic E-state index is 5.94. The van der Waals surface area contributed by atoms with Crippen LogP contribution in [0.5, 0.6) is 0 Å². The molecule has 0 radical (unpaired) electrons. The molecular weight excluding hydrogens is 221 g/mol. The van der Waals surface area contributed by atoms with E-state index in [1.165, 1.54) is 0 Å². The molecule has 0 bridgehead atoms. The van der Waals surface area contributed by atoms with Gasteiger partial charge in [-0.15, -0.1) is 0 Å². The number of pyridine rings is 1. The minimum Gasteiger partial charge on any atom is -0.232 e. The van der Waals surface area contributed by atoms with Crippen molar-refractivity contribution in [1.29, 1.82) is 0 Å². The molecule has 0 aliphatic carbocycles. The Morgan fingerprint density at radius 3 is 2.50 bits per heavy atom. The van der Waals surface area contributed by atoms with Gasteiger partial charge in [0, 0.05) is 0 Å². The van der Waals surface area contributed by atoms with Crippen LogP contribution < -0.4 is 0 Å². The second-order valence-corrected chi connectivity index (χ2v) is 3.75. The normalized spacial score (nSPS) is 10.9. The molecule has 5 heteroatoms. The number of nitrogens with zero attached hydrogens (tertiary/aromatic N) is 3. The number of hydrogen-bond donors (Lipinski definition) is 0. The number of aromatic nitrogens is 3. The van der Waals surface area contributed by atoms with Crippen LogP contribution in [0.2, 0.25) is 10.2 Å². The zero-order chi connectivity index (χ0) is 10.3. The van der Waals surface area contributed by atoms with Crippen LogP contribution in [0, 0.1) is 13.8 Å². The summed E-state index contributed by atoms with van der Waals surface area (Å²) in [5.41, 5.74) is 1.33. The van der Waals surface area contributed by atoms with E-state index < -0.39 is 0 Å². The first-order valence-electron chi connectivity index (χ1n) is 4.05. The summed E-state index contributed by atoms with van der Waals surface area (Å²) in [6, 6.07) is 1.74. The molecule has 0 fully saturated rings. The molecule has 0 aromatic carbocycles. The molecule has 0 amide bonds. The van der Waals surface area contributed by atoms with Crippen molar-refractivity contribution in [1.82, 2.24) is 15.0 Å². The van der Waals surface area contributed by atoms with Gasteiger partial charge in [-0.25, -0.2) is 15.0 Å². The maximum absolute atomic E-state index is 5.94. The van der Waals surface area contributed by atoms with Gasteiger partial charge >= 0.3 is 0 Å². The van der Waals surface area contributed by atoms with Gasteiger partial charge in [0.2, 0.25) is 0 Å². The molecule has 2 aromatic rings. The van der Waals surface area contributed by atoms with Crippen LogP contribution in [0.3, 0.4) is 0 Å². The third-order valence-electron chi connectivity index (χ3n) is 1.88. The molecule has 0 spiro atoms. The first-order chi connectivity index (χ1) is 6.58. The van der Waals surface area contributed by atoms with E-state index in [1.807, 2.05) is 6.92 Å². The second kappa shape index (κ2) is 3.33. The summed E-state index contributed by atoms with van der Waals surface area (Å²) in [6.07, 6.45) is 0. The minimum absolute atomic E-state index is 0.391. The lowest BCUT2D eigenvalue weighted by Crippen LogP contribution is -1.94. The Balaban J connectivity index is 2.89. The summed E-state index contributed by atoms with van der Waals surface area (Å²) in [4.78, 5) is 12.4. The quantitative estimate of drug-likeness (QED) is 0.650. The highest BCUT2D eigenvalue weighted by molar-refractivity contribution is 6.35. The molecule has 2 rings (SSSR count).